The van der Waals surface area contributed by atoms with E-state index in [-0.39, 0.29) is 5.41 Å². The maximum atomic E-state index is 9.13. The van der Waals surface area contributed by atoms with Crippen molar-refractivity contribution in [2.45, 2.75) is 26.2 Å². The predicted molar refractivity (Wildman–Crippen MR) is 72.5 cm³/mol. The van der Waals surface area contributed by atoms with Crippen LogP contribution in [-0.4, -0.2) is 4.98 Å². The summed E-state index contributed by atoms with van der Waals surface area (Å²) in [6.45, 7) is 1.96. The highest BCUT2D eigenvalue weighted by atomic mass is 35.5. The van der Waals surface area contributed by atoms with Crippen LogP contribution in [0.2, 0.25) is 5.15 Å². The summed E-state index contributed by atoms with van der Waals surface area (Å²) in [6, 6.07) is 10.7. The molecule has 3 heteroatoms. The van der Waals surface area contributed by atoms with E-state index < -0.39 is 0 Å². The number of aryl methyl sites for hydroxylation is 1. The zero-order valence-corrected chi connectivity index (χ0v) is 11.0. The smallest absolute Gasteiger partial charge is 0.132 e. The maximum absolute atomic E-state index is 9.13. The van der Waals surface area contributed by atoms with Crippen LogP contribution in [0, 0.1) is 23.7 Å². The number of aromatic nitrogens is 1. The monoisotopic (exact) mass is 256 g/mol. The topological polar surface area (TPSA) is 36.7 Å². The van der Waals surface area contributed by atoms with Crippen molar-refractivity contribution >= 4 is 22.5 Å². The van der Waals surface area contributed by atoms with Crippen molar-refractivity contribution in [3.05, 3.63) is 40.5 Å². The van der Waals surface area contributed by atoms with Gasteiger partial charge in [-0.1, -0.05) is 17.7 Å². The van der Waals surface area contributed by atoms with Crippen LogP contribution in [0.15, 0.2) is 24.3 Å². The second-order valence-corrected chi connectivity index (χ2v) is 5.55. The van der Waals surface area contributed by atoms with Crippen LogP contribution in [0.1, 0.15) is 24.0 Å². The maximum Gasteiger partial charge on any atom is 0.132 e. The van der Waals surface area contributed by atoms with E-state index in [2.05, 4.69) is 29.3 Å². The third-order valence-corrected chi connectivity index (χ3v) is 4.02. The summed E-state index contributed by atoms with van der Waals surface area (Å²) >= 11 is 6.01. The highest BCUT2D eigenvalue weighted by Crippen LogP contribution is 2.47. The lowest BCUT2D eigenvalue weighted by Crippen LogP contribution is -2.01. The van der Waals surface area contributed by atoms with Gasteiger partial charge in [0.2, 0.25) is 0 Å². The van der Waals surface area contributed by atoms with Crippen LogP contribution < -0.4 is 0 Å². The Bertz CT molecular complexity index is 666. The van der Waals surface area contributed by atoms with Gasteiger partial charge in [-0.2, -0.15) is 5.26 Å². The Hall–Kier alpha value is -1.59. The summed E-state index contributed by atoms with van der Waals surface area (Å²) in [7, 11) is 0. The molecule has 0 spiro atoms. The third kappa shape index (κ3) is 1.95. The largest absolute Gasteiger partial charge is 0.236 e. The Morgan fingerprint density at radius 1 is 1.39 bits per heavy atom. The number of rotatable bonds is 2. The van der Waals surface area contributed by atoms with E-state index in [9.17, 15) is 0 Å². The van der Waals surface area contributed by atoms with E-state index in [4.69, 9.17) is 16.9 Å². The minimum absolute atomic E-state index is 0.0947. The van der Waals surface area contributed by atoms with Crippen molar-refractivity contribution < 1.29 is 0 Å². The molecule has 0 atom stereocenters. The van der Waals surface area contributed by atoms with Crippen molar-refractivity contribution in [1.29, 1.82) is 5.26 Å². The molecule has 0 bridgehead atoms. The normalized spacial score (nSPS) is 16.5. The lowest BCUT2D eigenvalue weighted by atomic mass is 9.97. The van der Waals surface area contributed by atoms with E-state index in [0.717, 1.165) is 35.7 Å². The Kier molecular flexibility index (Phi) is 2.53. The van der Waals surface area contributed by atoms with Crippen LogP contribution >= 0.6 is 11.6 Å². The number of halogens is 1. The Balaban J connectivity index is 2.01. The molecule has 1 heterocycles. The number of fused-ring (bicyclic) bond motifs is 1. The van der Waals surface area contributed by atoms with Gasteiger partial charge in [0.15, 0.2) is 0 Å². The van der Waals surface area contributed by atoms with Crippen molar-refractivity contribution in [1.82, 2.24) is 4.98 Å². The first-order valence-electron chi connectivity index (χ1n) is 6.09. The van der Waals surface area contributed by atoms with E-state index >= 15 is 0 Å². The minimum atomic E-state index is -0.0947. The molecule has 0 saturated heterocycles. The Morgan fingerprint density at radius 3 is 2.83 bits per heavy atom. The first-order valence-corrected chi connectivity index (χ1v) is 6.47. The molecule has 1 fully saturated rings. The summed E-state index contributed by atoms with van der Waals surface area (Å²) in [4.78, 5) is 4.35. The number of hydrogen-bond acceptors (Lipinski definition) is 2. The second kappa shape index (κ2) is 3.96. The first kappa shape index (κ1) is 11.5. The molecule has 0 amide bonds. The lowest BCUT2D eigenvalue weighted by molar-refractivity contribution is 0.665. The Morgan fingerprint density at radius 2 is 2.17 bits per heavy atom. The van der Waals surface area contributed by atoms with E-state index in [1.165, 1.54) is 5.56 Å². The fourth-order valence-electron chi connectivity index (χ4n) is 2.29. The minimum Gasteiger partial charge on any atom is -0.236 e. The van der Waals surface area contributed by atoms with E-state index in [0.29, 0.717) is 5.15 Å². The van der Waals surface area contributed by atoms with Crippen LogP contribution in [0.5, 0.6) is 0 Å². The predicted octanol–water partition coefficient (Wildman–Crippen LogP) is 4.04. The SMILES string of the molecule is Cc1cc2cc(CC3(C#N)CC3)ccc2nc1Cl. The Labute approximate surface area is 111 Å². The molecular formula is C15H13ClN2. The van der Waals surface area contributed by atoms with Crippen molar-refractivity contribution in [2.75, 3.05) is 0 Å². The summed E-state index contributed by atoms with van der Waals surface area (Å²) in [5, 5.41) is 10.8. The van der Waals surface area contributed by atoms with E-state index in [1.807, 2.05) is 13.0 Å². The fraction of sp³-hybridized carbons (Fsp3) is 0.333. The first-order chi connectivity index (χ1) is 8.62. The van der Waals surface area contributed by atoms with Gasteiger partial charge in [-0.15, -0.1) is 0 Å². The molecule has 2 aromatic rings. The number of pyridine rings is 1. The molecular weight excluding hydrogens is 244 g/mol. The molecule has 3 rings (SSSR count). The van der Waals surface area contributed by atoms with Crippen LogP contribution in [0.25, 0.3) is 10.9 Å². The van der Waals surface area contributed by atoms with Crippen LogP contribution in [-0.2, 0) is 6.42 Å². The third-order valence-electron chi connectivity index (χ3n) is 3.64. The second-order valence-electron chi connectivity index (χ2n) is 5.19. The zero-order chi connectivity index (χ0) is 12.8. The number of hydrogen-bond donors (Lipinski definition) is 0. The molecule has 90 valence electrons. The molecule has 1 aliphatic rings. The van der Waals surface area contributed by atoms with Gasteiger partial charge in [0.05, 0.1) is 17.0 Å². The summed E-state index contributed by atoms with van der Waals surface area (Å²) in [5.41, 5.74) is 3.02. The van der Waals surface area contributed by atoms with Crippen LogP contribution in [0.4, 0.5) is 0 Å². The van der Waals surface area contributed by atoms with Gasteiger partial charge >= 0.3 is 0 Å². The van der Waals surface area contributed by atoms with Gasteiger partial charge in [-0.05, 0) is 55.5 Å². The van der Waals surface area contributed by atoms with Crippen molar-refractivity contribution in [3.8, 4) is 6.07 Å². The average molecular weight is 257 g/mol. The summed E-state index contributed by atoms with van der Waals surface area (Å²) < 4.78 is 0. The molecule has 0 N–H and O–H groups in total. The molecule has 1 aromatic carbocycles. The standard InChI is InChI=1S/C15H13ClN2/c1-10-6-12-7-11(8-15(9-17)4-5-15)2-3-13(12)18-14(10)16/h2-3,6-7H,4-5,8H2,1H3. The number of nitrogens with zero attached hydrogens (tertiary/aromatic N) is 2. The van der Waals surface area contributed by atoms with Gasteiger partial charge in [-0.25, -0.2) is 4.98 Å². The average Bonchev–Trinajstić information content (AvgIpc) is 3.12. The van der Waals surface area contributed by atoms with Crippen LogP contribution in [0.3, 0.4) is 0 Å². The van der Waals surface area contributed by atoms with Gasteiger partial charge in [-0.3, -0.25) is 0 Å². The molecule has 0 radical (unpaired) electrons. The quantitative estimate of drug-likeness (QED) is 0.761. The highest BCUT2D eigenvalue weighted by Gasteiger charge is 2.42. The molecule has 18 heavy (non-hydrogen) atoms. The van der Waals surface area contributed by atoms with Crippen molar-refractivity contribution in [2.24, 2.45) is 5.41 Å². The molecule has 1 aromatic heterocycles. The molecule has 0 unspecified atom stereocenters. The zero-order valence-electron chi connectivity index (χ0n) is 10.2. The molecule has 0 aliphatic heterocycles. The van der Waals surface area contributed by atoms with Gasteiger partial charge in [0, 0.05) is 5.39 Å². The van der Waals surface area contributed by atoms with Crippen molar-refractivity contribution in [3.63, 3.8) is 0 Å². The van der Waals surface area contributed by atoms with Gasteiger partial charge in [0.1, 0.15) is 5.15 Å². The molecule has 2 nitrogen and oxygen atoms in total. The van der Waals surface area contributed by atoms with Gasteiger partial charge < -0.3 is 0 Å². The highest BCUT2D eigenvalue weighted by molar-refractivity contribution is 6.30. The number of benzene rings is 1. The lowest BCUT2D eigenvalue weighted by Gasteiger charge is -2.08. The van der Waals surface area contributed by atoms with Gasteiger partial charge in [0.25, 0.3) is 0 Å². The van der Waals surface area contributed by atoms with E-state index in [1.54, 1.807) is 0 Å². The number of nitriles is 1. The fourth-order valence-corrected chi connectivity index (χ4v) is 2.43. The molecule has 1 saturated carbocycles. The summed E-state index contributed by atoms with van der Waals surface area (Å²) in [5.74, 6) is 0. The molecule has 1 aliphatic carbocycles. The summed E-state index contributed by atoms with van der Waals surface area (Å²) in [6.07, 6.45) is 2.90.